The molecule has 1 aliphatic rings. The standard InChI is InChI=1S/C11H13NO5/c12-11(16)17-4-2-8-6-9(14)7(1-3-13)5-10(8)15/h5-6,13H,1-4H2,(H2,12,16). The summed E-state index contributed by atoms with van der Waals surface area (Å²) in [5.41, 5.74) is 5.32. The quantitative estimate of drug-likeness (QED) is 0.649. The average Bonchev–Trinajstić information content (AvgIpc) is 2.24. The smallest absolute Gasteiger partial charge is 0.404 e. The van der Waals surface area contributed by atoms with E-state index in [1.54, 1.807) is 0 Å². The fourth-order valence-corrected chi connectivity index (χ4v) is 1.42. The van der Waals surface area contributed by atoms with Crippen molar-refractivity contribution in [2.75, 3.05) is 13.2 Å². The van der Waals surface area contributed by atoms with Gasteiger partial charge in [-0.2, -0.15) is 0 Å². The topological polar surface area (TPSA) is 107 Å². The number of carbonyl (C=O) groups is 3. The van der Waals surface area contributed by atoms with E-state index in [1.807, 2.05) is 0 Å². The second-order valence-electron chi connectivity index (χ2n) is 3.46. The van der Waals surface area contributed by atoms with Gasteiger partial charge in [-0.15, -0.1) is 0 Å². The van der Waals surface area contributed by atoms with E-state index >= 15 is 0 Å². The Bertz CT molecular complexity index is 408. The van der Waals surface area contributed by atoms with Crippen molar-refractivity contribution < 1.29 is 24.2 Å². The molecule has 0 atom stereocenters. The highest BCUT2D eigenvalue weighted by atomic mass is 16.5. The van der Waals surface area contributed by atoms with Crippen molar-refractivity contribution in [3.05, 3.63) is 23.3 Å². The molecule has 3 N–H and O–H groups in total. The molecule has 6 heteroatoms. The molecule has 0 aromatic carbocycles. The van der Waals surface area contributed by atoms with Crippen LogP contribution in [0.2, 0.25) is 0 Å². The maximum atomic E-state index is 11.6. The minimum atomic E-state index is -0.920. The number of nitrogens with two attached hydrogens (primary N) is 1. The van der Waals surface area contributed by atoms with Gasteiger partial charge in [0, 0.05) is 24.2 Å². The van der Waals surface area contributed by atoms with Crippen LogP contribution in [-0.4, -0.2) is 36.0 Å². The normalized spacial score (nSPS) is 15.4. The lowest BCUT2D eigenvalue weighted by molar-refractivity contribution is -0.115. The third-order valence-corrected chi connectivity index (χ3v) is 2.24. The van der Waals surface area contributed by atoms with E-state index < -0.39 is 6.09 Å². The molecule has 0 aromatic heterocycles. The number of rotatable bonds is 5. The van der Waals surface area contributed by atoms with Crippen LogP contribution in [-0.2, 0) is 14.3 Å². The zero-order chi connectivity index (χ0) is 12.8. The molecule has 1 rings (SSSR count). The van der Waals surface area contributed by atoms with Crippen LogP contribution in [0.4, 0.5) is 4.79 Å². The van der Waals surface area contributed by atoms with Crippen LogP contribution in [0, 0.1) is 0 Å². The third-order valence-electron chi connectivity index (χ3n) is 2.24. The SMILES string of the molecule is NC(=O)OCCC1=CC(=O)C(CCO)=CC1=O. The molecular weight excluding hydrogens is 226 g/mol. The summed E-state index contributed by atoms with van der Waals surface area (Å²) in [5, 5.41) is 8.69. The van der Waals surface area contributed by atoms with Crippen molar-refractivity contribution in [2.45, 2.75) is 12.8 Å². The minimum Gasteiger partial charge on any atom is -0.449 e. The molecule has 0 radical (unpaired) electrons. The lowest BCUT2D eigenvalue weighted by atomic mass is 9.94. The summed E-state index contributed by atoms with van der Waals surface area (Å²) in [6.07, 6.45) is 1.80. The van der Waals surface area contributed by atoms with Crippen LogP contribution in [0.3, 0.4) is 0 Å². The Labute approximate surface area is 97.7 Å². The van der Waals surface area contributed by atoms with E-state index in [1.165, 1.54) is 12.2 Å². The number of aliphatic hydroxyl groups excluding tert-OH is 1. The van der Waals surface area contributed by atoms with Crippen molar-refractivity contribution in [2.24, 2.45) is 5.73 Å². The first-order valence-electron chi connectivity index (χ1n) is 5.07. The molecule has 0 aliphatic heterocycles. The number of carbonyl (C=O) groups excluding carboxylic acids is 3. The van der Waals surface area contributed by atoms with Crippen LogP contribution in [0.15, 0.2) is 23.3 Å². The monoisotopic (exact) mass is 239 g/mol. The van der Waals surface area contributed by atoms with Crippen LogP contribution in [0.1, 0.15) is 12.8 Å². The predicted molar refractivity (Wildman–Crippen MR) is 58.0 cm³/mol. The highest BCUT2D eigenvalue weighted by Crippen LogP contribution is 2.16. The van der Waals surface area contributed by atoms with E-state index in [-0.39, 0.29) is 48.8 Å². The van der Waals surface area contributed by atoms with E-state index in [4.69, 9.17) is 10.8 Å². The van der Waals surface area contributed by atoms with Gasteiger partial charge in [0.05, 0.1) is 6.61 Å². The molecule has 1 aliphatic carbocycles. The Balaban J connectivity index is 2.59. The lowest BCUT2D eigenvalue weighted by Gasteiger charge is -2.11. The van der Waals surface area contributed by atoms with Crippen molar-refractivity contribution in [1.82, 2.24) is 0 Å². The van der Waals surface area contributed by atoms with Gasteiger partial charge in [0.15, 0.2) is 11.6 Å². The molecule has 92 valence electrons. The van der Waals surface area contributed by atoms with E-state index in [0.717, 1.165) is 0 Å². The molecular formula is C11H13NO5. The van der Waals surface area contributed by atoms with Gasteiger partial charge in [-0.3, -0.25) is 9.59 Å². The molecule has 0 fully saturated rings. The van der Waals surface area contributed by atoms with Crippen LogP contribution in [0.5, 0.6) is 0 Å². The second-order valence-corrected chi connectivity index (χ2v) is 3.46. The van der Waals surface area contributed by atoms with Gasteiger partial charge >= 0.3 is 6.09 Å². The number of hydrogen-bond acceptors (Lipinski definition) is 5. The van der Waals surface area contributed by atoms with Crippen LogP contribution >= 0.6 is 0 Å². The van der Waals surface area contributed by atoms with Gasteiger partial charge in [0.25, 0.3) is 0 Å². The van der Waals surface area contributed by atoms with Crippen molar-refractivity contribution in [3.8, 4) is 0 Å². The lowest BCUT2D eigenvalue weighted by Crippen LogP contribution is -2.18. The largest absolute Gasteiger partial charge is 0.449 e. The predicted octanol–water partition coefficient (Wildman–Crippen LogP) is -0.141. The van der Waals surface area contributed by atoms with Gasteiger partial charge in [0.2, 0.25) is 0 Å². The fourth-order valence-electron chi connectivity index (χ4n) is 1.42. The Morgan fingerprint density at radius 3 is 2.18 bits per heavy atom. The maximum Gasteiger partial charge on any atom is 0.404 e. The third kappa shape index (κ3) is 3.84. The Morgan fingerprint density at radius 2 is 1.71 bits per heavy atom. The molecule has 0 saturated heterocycles. The average molecular weight is 239 g/mol. The van der Waals surface area contributed by atoms with Gasteiger partial charge < -0.3 is 15.6 Å². The number of hydrogen-bond donors (Lipinski definition) is 2. The fraction of sp³-hybridized carbons (Fsp3) is 0.364. The zero-order valence-corrected chi connectivity index (χ0v) is 9.14. The number of ether oxygens (including phenoxy) is 1. The van der Waals surface area contributed by atoms with Gasteiger partial charge in [-0.25, -0.2) is 4.79 Å². The summed E-state index contributed by atoms with van der Waals surface area (Å²) < 4.78 is 4.48. The summed E-state index contributed by atoms with van der Waals surface area (Å²) in [5.74, 6) is -0.603. The summed E-state index contributed by atoms with van der Waals surface area (Å²) in [6.45, 7) is -0.220. The van der Waals surface area contributed by atoms with E-state index in [0.29, 0.717) is 0 Å². The van der Waals surface area contributed by atoms with Crippen molar-refractivity contribution in [1.29, 1.82) is 0 Å². The van der Waals surface area contributed by atoms with Crippen LogP contribution in [0.25, 0.3) is 0 Å². The van der Waals surface area contributed by atoms with Crippen molar-refractivity contribution in [3.63, 3.8) is 0 Å². The van der Waals surface area contributed by atoms with Gasteiger partial charge in [-0.1, -0.05) is 0 Å². The zero-order valence-electron chi connectivity index (χ0n) is 9.14. The van der Waals surface area contributed by atoms with Gasteiger partial charge in [-0.05, 0) is 18.6 Å². The molecule has 6 nitrogen and oxygen atoms in total. The van der Waals surface area contributed by atoms with Crippen LogP contribution < -0.4 is 5.73 Å². The molecule has 0 saturated carbocycles. The Hall–Kier alpha value is -1.95. The van der Waals surface area contributed by atoms with Crippen molar-refractivity contribution >= 4 is 17.7 Å². The molecule has 17 heavy (non-hydrogen) atoms. The second kappa shape index (κ2) is 5.95. The van der Waals surface area contributed by atoms with E-state index in [9.17, 15) is 14.4 Å². The summed E-state index contributed by atoms with van der Waals surface area (Å²) >= 11 is 0. The summed E-state index contributed by atoms with van der Waals surface area (Å²) in [7, 11) is 0. The molecule has 0 spiro atoms. The highest BCUT2D eigenvalue weighted by Gasteiger charge is 2.19. The first-order chi connectivity index (χ1) is 8.04. The first-order valence-corrected chi connectivity index (χ1v) is 5.07. The highest BCUT2D eigenvalue weighted by molar-refractivity contribution is 6.19. The Kier molecular flexibility index (Phi) is 4.59. The molecule has 0 aromatic rings. The van der Waals surface area contributed by atoms with E-state index in [2.05, 4.69) is 4.74 Å². The summed E-state index contributed by atoms with van der Waals surface area (Å²) in [6, 6.07) is 0. The number of aliphatic hydroxyl groups is 1. The number of allylic oxidation sites excluding steroid dienone is 2. The molecule has 0 bridgehead atoms. The summed E-state index contributed by atoms with van der Waals surface area (Å²) in [4.78, 5) is 33.4. The molecule has 0 heterocycles. The van der Waals surface area contributed by atoms with Gasteiger partial charge in [0.1, 0.15) is 0 Å². The minimum absolute atomic E-state index is 0.0383. The number of primary amides is 1. The molecule has 1 amide bonds. The maximum absolute atomic E-state index is 11.6. The number of amides is 1. The molecule has 0 unspecified atom stereocenters. The Morgan fingerprint density at radius 1 is 1.18 bits per heavy atom. The number of ketones is 2. The first kappa shape index (κ1) is 13.1.